The smallest absolute Gasteiger partial charge is 0.0622 e. The normalized spacial score (nSPS) is 51.5. The van der Waals surface area contributed by atoms with Gasteiger partial charge in [0.05, 0.1) is 18.8 Å². The molecule has 0 spiro atoms. The largest absolute Gasteiger partial charge is 0.396 e. The highest BCUT2D eigenvalue weighted by atomic mass is 16.3. The fourth-order valence-electron chi connectivity index (χ4n) is 8.50. The van der Waals surface area contributed by atoms with Gasteiger partial charge in [-0.15, -0.1) is 0 Å². The van der Waals surface area contributed by atoms with E-state index in [1.54, 1.807) is 0 Å². The van der Waals surface area contributed by atoms with Gasteiger partial charge in [0, 0.05) is 5.41 Å². The summed E-state index contributed by atoms with van der Waals surface area (Å²) in [5.74, 6) is 4.48. The van der Waals surface area contributed by atoms with E-state index in [0.717, 1.165) is 42.4 Å². The lowest BCUT2D eigenvalue weighted by atomic mass is 9.47. The van der Waals surface area contributed by atoms with E-state index in [4.69, 9.17) is 0 Å². The predicted molar refractivity (Wildman–Crippen MR) is 104 cm³/mol. The van der Waals surface area contributed by atoms with E-state index in [1.165, 1.54) is 44.9 Å². The number of hydrogen-bond acceptors (Lipinski definition) is 3. The van der Waals surface area contributed by atoms with E-state index in [0.29, 0.717) is 5.92 Å². The Morgan fingerprint density at radius 2 is 1.54 bits per heavy atom. The Bertz CT molecular complexity index is 526. The second kappa shape index (κ2) is 6.46. The fourth-order valence-corrected chi connectivity index (χ4v) is 8.50. The summed E-state index contributed by atoms with van der Waals surface area (Å²) in [4.78, 5) is 0. The molecule has 0 heterocycles. The Labute approximate surface area is 159 Å². The molecule has 4 aliphatic rings. The second-order valence-electron chi connectivity index (χ2n) is 11.3. The van der Waals surface area contributed by atoms with Crippen LogP contribution in [0.4, 0.5) is 0 Å². The first-order chi connectivity index (χ1) is 12.2. The Hall–Kier alpha value is -0.120. The minimum atomic E-state index is -0.431. The third kappa shape index (κ3) is 2.79. The summed E-state index contributed by atoms with van der Waals surface area (Å²) in [7, 11) is 0. The van der Waals surface area contributed by atoms with E-state index in [-0.39, 0.29) is 24.0 Å². The molecule has 8 atom stereocenters. The van der Waals surface area contributed by atoms with Crippen LogP contribution in [0.25, 0.3) is 0 Å². The summed E-state index contributed by atoms with van der Waals surface area (Å²) < 4.78 is 0. The van der Waals surface area contributed by atoms with Crippen molar-refractivity contribution in [2.24, 2.45) is 46.3 Å². The van der Waals surface area contributed by atoms with Crippen molar-refractivity contribution in [2.75, 3.05) is 13.2 Å². The minimum Gasteiger partial charge on any atom is -0.396 e. The van der Waals surface area contributed by atoms with Crippen molar-refractivity contribution in [3.63, 3.8) is 0 Å². The molecule has 0 aromatic rings. The summed E-state index contributed by atoms with van der Waals surface area (Å²) in [5, 5.41) is 30.5. The fraction of sp³-hybridized carbons (Fsp3) is 1.00. The Morgan fingerprint density at radius 1 is 0.846 bits per heavy atom. The molecule has 4 saturated carbocycles. The quantitative estimate of drug-likeness (QED) is 0.709. The molecule has 26 heavy (non-hydrogen) atoms. The van der Waals surface area contributed by atoms with Crippen LogP contribution in [0.5, 0.6) is 0 Å². The molecular formula is C23H40O3. The molecule has 4 fully saturated rings. The van der Waals surface area contributed by atoms with Gasteiger partial charge in [0.2, 0.25) is 0 Å². The van der Waals surface area contributed by atoms with Gasteiger partial charge in [-0.1, -0.05) is 13.8 Å². The molecule has 3 N–H and O–H groups in total. The molecule has 3 heteroatoms. The first-order valence-corrected chi connectivity index (χ1v) is 11.2. The highest BCUT2D eigenvalue weighted by Gasteiger charge is 2.60. The molecule has 0 saturated heterocycles. The van der Waals surface area contributed by atoms with Gasteiger partial charge in [0.25, 0.3) is 0 Å². The lowest BCUT2D eigenvalue weighted by Gasteiger charge is -2.58. The standard InChI is InChI=1S/C23H40O3/c1-21(13-24,14-25)20-7-6-19-18-5-4-15-12-22(2,26)10-8-16(15)17(18)9-11-23(19,20)3/h15-20,24-26H,4-14H2,1-3H3/t15-,16+,17-,18-,19+,20-,22-,23+/m1/s1. The second-order valence-corrected chi connectivity index (χ2v) is 11.3. The van der Waals surface area contributed by atoms with Gasteiger partial charge in [-0.2, -0.15) is 0 Å². The van der Waals surface area contributed by atoms with Gasteiger partial charge in [0.1, 0.15) is 0 Å². The summed E-state index contributed by atoms with van der Waals surface area (Å²) >= 11 is 0. The maximum Gasteiger partial charge on any atom is 0.0622 e. The molecule has 0 bridgehead atoms. The summed E-state index contributed by atoms with van der Waals surface area (Å²) in [5.41, 5.74) is -0.481. The Kier molecular flexibility index (Phi) is 4.77. The summed E-state index contributed by atoms with van der Waals surface area (Å²) in [6.07, 6.45) is 10.9. The van der Waals surface area contributed by atoms with E-state index in [9.17, 15) is 15.3 Å². The van der Waals surface area contributed by atoms with E-state index in [1.807, 2.05) is 6.92 Å². The minimum absolute atomic E-state index is 0.102. The highest BCUT2D eigenvalue weighted by molar-refractivity contribution is 5.09. The molecule has 4 aliphatic carbocycles. The van der Waals surface area contributed by atoms with Gasteiger partial charge < -0.3 is 15.3 Å². The van der Waals surface area contributed by atoms with E-state index in [2.05, 4.69) is 13.8 Å². The van der Waals surface area contributed by atoms with Crippen LogP contribution < -0.4 is 0 Å². The van der Waals surface area contributed by atoms with Gasteiger partial charge in [-0.25, -0.2) is 0 Å². The zero-order chi connectivity index (χ0) is 18.7. The average Bonchev–Trinajstić information content (AvgIpc) is 2.97. The molecule has 0 aliphatic heterocycles. The number of fused-ring (bicyclic) bond motifs is 5. The van der Waals surface area contributed by atoms with Crippen molar-refractivity contribution in [2.45, 2.75) is 84.2 Å². The van der Waals surface area contributed by atoms with Crippen molar-refractivity contribution >= 4 is 0 Å². The first kappa shape index (κ1) is 19.2. The van der Waals surface area contributed by atoms with Crippen LogP contribution >= 0.6 is 0 Å². The number of aliphatic hydroxyl groups is 3. The Morgan fingerprint density at radius 3 is 2.23 bits per heavy atom. The molecular weight excluding hydrogens is 324 g/mol. The van der Waals surface area contributed by atoms with Crippen LogP contribution in [0.3, 0.4) is 0 Å². The van der Waals surface area contributed by atoms with Crippen molar-refractivity contribution in [1.29, 1.82) is 0 Å². The van der Waals surface area contributed by atoms with Crippen LogP contribution in [0.15, 0.2) is 0 Å². The molecule has 0 aromatic carbocycles. The van der Waals surface area contributed by atoms with Crippen LogP contribution in [-0.2, 0) is 0 Å². The SMILES string of the molecule is CC(CO)(CO)[C@H]1CC[C@H]2[C@@H]3CC[C@@H]4C[C@](C)(O)CC[C@@H]4[C@H]3CC[C@]12C. The maximum absolute atomic E-state index is 10.5. The lowest BCUT2D eigenvalue weighted by Crippen LogP contribution is -2.52. The van der Waals surface area contributed by atoms with Crippen LogP contribution in [-0.4, -0.2) is 34.1 Å². The van der Waals surface area contributed by atoms with E-state index < -0.39 is 5.60 Å². The summed E-state index contributed by atoms with van der Waals surface area (Å²) in [6, 6.07) is 0. The van der Waals surface area contributed by atoms with Crippen LogP contribution in [0.1, 0.15) is 78.6 Å². The third-order valence-electron chi connectivity index (χ3n) is 9.80. The zero-order valence-electron chi connectivity index (χ0n) is 17.1. The van der Waals surface area contributed by atoms with Crippen molar-refractivity contribution < 1.29 is 15.3 Å². The summed E-state index contributed by atoms with van der Waals surface area (Å²) in [6.45, 7) is 6.82. The number of aliphatic hydroxyl groups excluding tert-OH is 2. The Balaban J connectivity index is 1.55. The molecule has 0 unspecified atom stereocenters. The van der Waals surface area contributed by atoms with Crippen molar-refractivity contribution in [3.05, 3.63) is 0 Å². The zero-order valence-corrected chi connectivity index (χ0v) is 17.1. The first-order valence-electron chi connectivity index (χ1n) is 11.2. The van der Waals surface area contributed by atoms with Crippen molar-refractivity contribution in [1.82, 2.24) is 0 Å². The number of rotatable bonds is 3. The monoisotopic (exact) mass is 364 g/mol. The lowest BCUT2D eigenvalue weighted by molar-refractivity contribution is -0.116. The molecule has 150 valence electrons. The topological polar surface area (TPSA) is 60.7 Å². The molecule has 0 amide bonds. The van der Waals surface area contributed by atoms with Crippen LogP contribution in [0, 0.1) is 46.3 Å². The molecule has 3 nitrogen and oxygen atoms in total. The van der Waals surface area contributed by atoms with Gasteiger partial charge in [-0.3, -0.25) is 0 Å². The highest BCUT2D eigenvalue weighted by Crippen LogP contribution is 2.67. The van der Waals surface area contributed by atoms with Gasteiger partial charge in [0.15, 0.2) is 0 Å². The van der Waals surface area contributed by atoms with Crippen LogP contribution in [0.2, 0.25) is 0 Å². The van der Waals surface area contributed by atoms with Gasteiger partial charge >= 0.3 is 0 Å². The molecule has 4 rings (SSSR count). The number of hydrogen-bond donors (Lipinski definition) is 3. The van der Waals surface area contributed by atoms with E-state index >= 15 is 0 Å². The predicted octanol–water partition coefficient (Wildman–Crippen LogP) is 4.00. The average molecular weight is 365 g/mol. The maximum atomic E-state index is 10.5. The molecule has 0 radical (unpaired) electrons. The van der Waals surface area contributed by atoms with Gasteiger partial charge in [-0.05, 0) is 106 Å². The molecule has 0 aromatic heterocycles. The third-order valence-corrected chi connectivity index (χ3v) is 9.80. The van der Waals surface area contributed by atoms with Crippen molar-refractivity contribution in [3.8, 4) is 0 Å².